The third-order valence-corrected chi connectivity index (χ3v) is 4.45. The molecule has 2 heterocycles. The maximum Gasteiger partial charge on any atom is 0.397 e. The van der Waals surface area contributed by atoms with Gasteiger partial charge < -0.3 is 5.73 Å². The van der Waals surface area contributed by atoms with Gasteiger partial charge in [-0.25, -0.2) is 9.67 Å². The Balaban J connectivity index is 1.90. The molecule has 0 saturated heterocycles. The molecule has 1 aromatic carbocycles. The van der Waals surface area contributed by atoms with E-state index in [2.05, 4.69) is 15.3 Å². The van der Waals surface area contributed by atoms with Crippen molar-refractivity contribution in [1.29, 1.82) is 0 Å². The van der Waals surface area contributed by atoms with Crippen LogP contribution in [-0.4, -0.2) is 32.1 Å². The van der Waals surface area contributed by atoms with Gasteiger partial charge in [0, 0.05) is 11.6 Å². The van der Waals surface area contributed by atoms with Gasteiger partial charge in [0.2, 0.25) is 0 Å². The van der Waals surface area contributed by atoms with E-state index in [-0.39, 0.29) is 24.4 Å². The lowest BCUT2D eigenvalue weighted by molar-refractivity contribution is -0.151. The van der Waals surface area contributed by atoms with Crippen molar-refractivity contribution in [2.75, 3.05) is 0 Å². The fourth-order valence-corrected chi connectivity index (χ4v) is 3.06. The molecule has 1 amide bonds. The second kappa shape index (κ2) is 7.15. The number of benzene rings is 1. The number of pyridine rings is 1. The summed E-state index contributed by atoms with van der Waals surface area (Å²) in [6.07, 6.45) is -3.20. The Kier molecular flexibility index (Phi) is 5.05. The molecule has 0 fully saturated rings. The highest BCUT2D eigenvalue weighted by atomic mass is 35.5. The minimum Gasteiger partial charge on any atom is -0.364 e. The Morgan fingerprint density at radius 2 is 2.07 bits per heavy atom. The molecule has 2 N–H and O–H groups in total. The summed E-state index contributed by atoms with van der Waals surface area (Å²) in [5.41, 5.74) is 6.32. The first-order valence-corrected chi connectivity index (χ1v) is 8.42. The quantitative estimate of drug-likeness (QED) is 0.711. The van der Waals surface area contributed by atoms with Crippen molar-refractivity contribution in [3.05, 3.63) is 52.4 Å². The second-order valence-corrected chi connectivity index (χ2v) is 6.46. The molecule has 0 unspecified atom stereocenters. The molecule has 0 radical (unpaired) electrons. The molecule has 6 nitrogen and oxygen atoms in total. The molecule has 3 aromatic rings. The van der Waals surface area contributed by atoms with Gasteiger partial charge in [0.05, 0.1) is 22.8 Å². The minimum atomic E-state index is -4.37. The van der Waals surface area contributed by atoms with Gasteiger partial charge in [0.15, 0.2) is 0 Å². The highest BCUT2D eigenvalue weighted by Crippen LogP contribution is 2.36. The first kappa shape index (κ1) is 19.1. The number of halogens is 4. The summed E-state index contributed by atoms with van der Waals surface area (Å²) in [6.45, 7) is 1.64. The van der Waals surface area contributed by atoms with Crippen LogP contribution in [0.1, 0.15) is 41.0 Å². The van der Waals surface area contributed by atoms with Gasteiger partial charge in [-0.05, 0) is 24.1 Å². The summed E-state index contributed by atoms with van der Waals surface area (Å²) in [5, 5.41) is 8.41. The highest BCUT2D eigenvalue weighted by Gasteiger charge is 2.41. The van der Waals surface area contributed by atoms with E-state index in [0.717, 1.165) is 0 Å². The molecule has 0 saturated carbocycles. The van der Waals surface area contributed by atoms with E-state index in [0.29, 0.717) is 21.5 Å². The number of hydrogen-bond acceptors (Lipinski definition) is 4. The Hall–Kier alpha value is -2.68. The van der Waals surface area contributed by atoms with Crippen molar-refractivity contribution < 1.29 is 18.0 Å². The van der Waals surface area contributed by atoms with Crippen molar-refractivity contribution in [2.45, 2.75) is 32.0 Å². The zero-order valence-corrected chi connectivity index (χ0v) is 14.9. The second-order valence-electron chi connectivity index (χ2n) is 6.05. The molecule has 0 spiro atoms. The number of amides is 1. The smallest absolute Gasteiger partial charge is 0.364 e. The van der Waals surface area contributed by atoms with E-state index in [1.165, 1.54) is 23.9 Å². The van der Waals surface area contributed by atoms with Crippen LogP contribution in [-0.2, 0) is 6.54 Å². The third kappa shape index (κ3) is 4.02. The zero-order valence-electron chi connectivity index (χ0n) is 14.2. The monoisotopic (exact) mass is 397 g/mol. The van der Waals surface area contributed by atoms with Crippen LogP contribution in [0.25, 0.3) is 10.9 Å². The molecule has 0 aliphatic rings. The average Bonchev–Trinajstić information content (AvgIpc) is 3.01. The van der Waals surface area contributed by atoms with Gasteiger partial charge >= 0.3 is 6.18 Å². The predicted molar refractivity (Wildman–Crippen MR) is 93.5 cm³/mol. The van der Waals surface area contributed by atoms with E-state index in [4.69, 9.17) is 17.3 Å². The van der Waals surface area contributed by atoms with Crippen LogP contribution >= 0.6 is 11.6 Å². The molecule has 0 aliphatic carbocycles. The predicted octanol–water partition coefficient (Wildman–Crippen LogP) is 3.68. The van der Waals surface area contributed by atoms with Crippen molar-refractivity contribution in [3.63, 3.8) is 0 Å². The van der Waals surface area contributed by atoms with Gasteiger partial charge in [-0.1, -0.05) is 35.9 Å². The van der Waals surface area contributed by atoms with Crippen molar-refractivity contribution >= 4 is 28.4 Å². The van der Waals surface area contributed by atoms with Gasteiger partial charge in [-0.3, -0.25) is 4.79 Å². The lowest BCUT2D eigenvalue weighted by Gasteiger charge is -2.15. The number of fused-ring (bicyclic) bond motifs is 1. The molecule has 3 rings (SSSR count). The molecule has 142 valence electrons. The van der Waals surface area contributed by atoms with Crippen LogP contribution in [0.15, 0.2) is 30.5 Å². The minimum absolute atomic E-state index is 0.0312. The summed E-state index contributed by atoms with van der Waals surface area (Å²) in [6, 6.07) is 6.53. The van der Waals surface area contributed by atoms with Crippen LogP contribution in [0.3, 0.4) is 0 Å². The van der Waals surface area contributed by atoms with Crippen LogP contribution in [0.4, 0.5) is 13.2 Å². The normalized spacial score (nSPS) is 13.1. The number of carbonyl (C=O) groups is 1. The summed E-state index contributed by atoms with van der Waals surface area (Å²) < 4.78 is 40.4. The largest absolute Gasteiger partial charge is 0.397 e. The van der Waals surface area contributed by atoms with Gasteiger partial charge in [-0.2, -0.15) is 13.2 Å². The number of nitrogens with two attached hydrogens (primary N) is 1. The maximum absolute atomic E-state index is 13.0. The molecule has 27 heavy (non-hydrogen) atoms. The summed E-state index contributed by atoms with van der Waals surface area (Å²) in [5.74, 6) is -2.36. The summed E-state index contributed by atoms with van der Waals surface area (Å²) in [7, 11) is 0. The summed E-state index contributed by atoms with van der Waals surface area (Å²) in [4.78, 5) is 15.5. The lowest BCUT2D eigenvalue weighted by atomic mass is 10.0. The number of rotatable bonds is 5. The average molecular weight is 398 g/mol. The molecule has 10 heteroatoms. The fourth-order valence-electron chi connectivity index (χ4n) is 2.80. The van der Waals surface area contributed by atoms with E-state index in [1.807, 2.05) is 0 Å². The zero-order chi connectivity index (χ0) is 19.8. The molecule has 0 bridgehead atoms. The van der Waals surface area contributed by atoms with E-state index >= 15 is 0 Å². The highest BCUT2D eigenvalue weighted by molar-refractivity contribution is 6.35. The van der Waals surface area contributed by atoms with Crippen molar-refractivity contribution in [3.8, 4) is 0 Å². The van der Waals surface area contributed by atoms with Crippen molar-refractivity contribution in [1.82, 2.24) is 20.0 Å². The summed E-state index contributed by atoms with van der Waals surface area (Å²) >= 11 is 6.13. The van der Waals surface area contributed by atoms with Crippen LogP contribution in [0.5, 0.6) is 0 Å². The number of primary amides is 1. The first-order chi connectivity index (χ1) is 12.7. The Bertz CT molecular complexity index is 1000. The van der Waals surface area contributed by atoms with Crippen LogP contribution in [0.2, 0.25) is 5.02 Å². The molecular formula is C17H15ClF3N5O. The Morgan fingerprint density at radius 3 is 2.70 bits per heavy atom. The first-order valence-electron chi connectivity index (χ1n) is 8.04. The topological polar surface area (TPSA) is 86.7 Å². The van der Waals surface area contributed by atoms with Gasteiger partial charge in [0.1, 0.15) is 11.6 Å². The molecule has 2 aromatic heterocycles. The fraction of sp³-hybridized carbons (Fsp3) is 0.294. The number of alkyl halides is 3. The third-order valence-electron chi connectivity index (χ3n) is 4.14. The number of hydrogen-bond donors (Lipinski definition) is 1. The molecular weight excluding hydrogens is 383 g/mol. The number of nitrogens with zero attached hydrogens (tertiary/aromatic N) is 4. The number of aromatic nitrogens is 4. The van der Waals surface area contributed by atoms with E-state index < -0.39 is 18.0 Å². The van der Waals surface area contributed by atoms with Crippen molar-refractivity contribution in [2.24, 2.45) is 5.73 Å². The van der Waals surface area contributed by atoms with Gasteiger partial charge in [-0.15, -0.1) is 5.10 Å². The SMILES string of the molecule is CC[C@@H](c1cn(Cc2ccc3c(Cl)cc(C(N)=O)nc3c2)nn1)C(F)(F)F. The van der Waals surface area contributed by atoms with E-state index in [1.54, 1.807) is 18.2 Å². The standard InChI is InChI=1S/C17H15ClF3N5O/c1-2-11(17(19,20)21)15-8-26(25-24-15)7-9-3-4-10-12(18)6-14(16(22)27)23-13(10)5-9/h3-6,8,11H,2,7H2,1H3,(H2,22,27)/t11-/m0/s1. The van der Waals surface area contributed by atoms with Crippen LogP contribution in [0, 0.1) is 0 Å². The molecule has 0 aliphatic heterocycles. The van der Waals surface area contributed by atoms with Gasteiger partial charge in [0.25, 0.3) is 5.91 Å². The maximum atomic E-state index is 13.0. The Labute approximate surface area is 157 Å². The number of carbonyl (C=O) groups excluding carboxylic acids is 1. The Morgan fingerprint density at radius 1 is 1.33 bits per heavy atom. The van der Waals surface area contributed by atoms with E-state index in [9.17, 15) is 18.0 Å². The molecule has 1 atom stereocenters. The lowest BCUT2D eigenvalue weighted by Crippen LogP contribution is -2.20. The van der Waals surface area contributed by atoms with Crippen LogP contribution < -0.4 is 5.73 Å².